The Morgan fingerprint density at radius 1 is 1.22 bits per heavy atom. The molecule has 18 heavy (non-hydrogen) atoms. The average Bonchev–Trinajstić information content (AvgIpc) is 2.78. The van der Waals surface area contributed by atoms with Crippen molar-refractivity contribution in [2.24, 2.45) is 0 Å². The van der Waals surface area contributed by atoms with Crippen LogP contribution in [0.3, 0.4) is 0 Å². The highest BCUT2D eigenvalue weighted by atomic mass is 79.9. The first kappa shape index (κ1) is 12.8. The summed E-state index contributed by atoms with van der Waals surface area (Å²) in [4.78, 5) is 0. The fourth-order valence-corrected chi connectivity index (χ4v) is 2.16. The first-order chi connectivity index (χ1) is 8.58. The molecule has 1 aromatic carbocycles. The Labute approximate surface area is 113 Å². The van der Waals surface area contributed by atoms with Crippen LogP contribution in [0, 0.1) is 6.92 Å². The van der Waals surface area contributed by atoms with Crippen LogP contribution in [0.25, 0.3) is 11.3 Å². The van der Waals surface area contributed by atoms with Crippen LogP contribution >= 0.6 is 15.9 Å². The van der Waals surface area contributed by atoms with Crippen LogP contribution in [-0.4, -0.2) is 19.4 Å². The van der Waals surface area contributed by atoms with Crippen LogP contribution in [-0.2, 0) is 0 Å². The minimum atomic E-state index is 0.322. The lowest BCUT2D eigenvalue weighted by molar-refractivity contribution is 0.351. The molecule has 0 unspecified atom stereocenters. The molecule has 0 bridgehead atoms. The van der Waals surface area contributed by atoms with E-state index in [2.05, 4.69) is 21.1 Å². The normalized spacial score (nSPS) is 10.4. The number of anilines is 1. The van der Waals surface area contributed by atoms with Gasteiger partial charge >= 0.3 is 0 Å². The van der Waals surface area contributed by atoms with Crippen molar-refractivity contribution in [3.63, 3.8) is 0 Å². The lowest BCUT2D eigenvalue weighted by Crippen LogP contribution is -1.96. The van der Waals surface area contributed by atoms with E-state index >= 15 is 0 Å². The zero-order valence-corrected chi connectivity index (χ0v) is 11.9. The van der Waals surface area contributed by atoms with E-state index in [0.717, 1.165) is 15.6 Å². The zero-order chi connectivity index (χ0) is 13.3. The van der Waals surface area contributed by atoms with E-state index in [1.807, 2.05) is 13.0 Å². The maximum atomic E-state index is 5.56. The van der Waals surface area contributed by atoms with Crippen LogP contribution in [0.15, 0.2) is 21.1 Å². The molecule has 0 fully saturated rings. The smallest absolute Gasteiger partial charge is 0.172 e. The summed E-state index contributed by atoms with van der Waals surface area (Å²) in [6.07, 6.45) is 0. The van der Waals surface area contributed by atoms with Gasteiger partial charge in [0.15, 0.2) is 23.1 Å². The number of nitrogens with two attached hydrogens (primary N) is 1. The van der Waals surface area contributed by atoms with E-state index in [9.17, 15) is 0 Å². The molecule has 5 nitrogen and oxygen atoms in total. The van der Waals surface area contributed by atoms with Gasteiger partial charge in [-0.25, -0.2) is 0 Å². The van der Waals surface area contributed by atoms with E-state index < -0.39 is 0 Å². The van der Waals surface area contributed by atoms with Gasteiger partial charge in [-0.05, 0) is 13.0 Å². The third kappa shape index (κ3) is 2.03. The second kappa shape index (κ2) is 4.89. The molecular formula is C12H13BrN2O3. The molecule has 0 aliphatic carbocycles. The number of rotatable bonds is 3. The molecule has 2 N–H and O–H groups in total. The molecule has 1 heterocycles. The molecule has 0 amide bonds. The van der Waals surface area contributed by atoms with E-state index in [0.29, 0.717) is 23.1 Å². The maximum absolute atomic E-state index is 5.56. The highest BCUT2D eigenvalue weighted by Crippen LogP contribution is 2.44. The summed E-state index contributed by atoms with van der Waals surface area (Å²) in [5, 5.41) is 3.67. The summed E-state index contributed by atoms with van der Waals surface area (Å²) >= 11 is 3.48. The van der Waals surface area contributed by atoms with Crippen LogP contribution in [0.4, 0.5) is 5.82 Å². The maximum Gasteiger partial charge on any atom is 0.172 e. The summed E-state index contributed by atoms with van der Waals surface area (Å²) in [5.41, 5.74) is 7.24. The van der Waals surface area contributed by atoms with Gasteiger partial charge in [0.25, 0.3) is 0 Å². The fourth-order valence-electron chi connectivity index (χ4n) is 1.75. The molecule has 0 saturated heterocycles. The van der Waals surface area contributed by atoms with Crippen molar-refractivity contribution in [3.05, 3.63) is 22.2 Å². The van der Waals surface area contributed by atoms with Crippen molar-refractivity contribution in [3.8, 4) is 22.8 Å². The zero-order valence-electron chi connectivity index (χ0n) is 10.3. The first-order valence-corrected chi connectivity index (χ1v) is 6.01. The number of aromatic nitrogens is 1. The van der Waals surface area contributed by atoms with Crippen LogP contribution in [0.1, 0.15) is 5.56 Å². The molecule has 0 atom stereocenters. The summed E-state index contributed by atoms with van der Waals surface area (Å²) in [6, 6.07) is 3.52. The van der Waals surface area contributed by atoms with Crippen LogP contribution in [0.5, 0.6) is 11.5 Å². The van der Waals surface area contributed by atoms with Gasteiger partial charge in [0.05, 0.1) is 19.8 Å². The Hall–Kier alpha value is -1.69. The molecule has 0 saturated carbocycles. The Balaban J connectivity index is 2.70. The van der Waals surface area contributed by atoms with Gasteiger partial charge in [0.1, 0.15) is 0 Å². The molecular weight excluding hydrogens is 300 g/mol. The molecule has 0 aliphatic heterocycles. The summed E-state index contributed by atoms with van der Waals surface area (Å²) in [6.45, 7) is 1.93. The first-order valence-electron chi connectivity index (χ1n) is 5.22. The Bertz CT molecular complexity index is 581. The van der Waals surface area contributed by atoms with Crippen LogP contribution < -0.4 is 15.2 Å². The van der Waals surface area contributed by atoms with E-state index in [1.54, 1.807) is 20.3 Å². The molecule has 0 radical (unpaired) electrons. The number of ether oxygens (including phenoxy) is 2. The van der Waals surface area contributed by atoms with E-state index in [1.165, 1.54) is 0 Å². The molecule has 6 heteroatoms. The highest BCUT2D eigenvalue weighted by molar-refractivity contribution is 9.10. The Morgan fingerprint density at radius 2 is 1.89 bits per heavy atom. The average molecular weight is 313 g/mol. The number of nitrogens with zero attached hydrogens (tertiary/aromatic N) is 1. The lowest BCUT2D eigenvalue weighted by Gasteiger charge is -2.14. The molecule has 0 aliphatic rings. The number of halogens is 1. The largest absolute Gasteiger partial charge is 0.493 e. The minimum Gasteiger partial charge on any atom is -0.493 e. The standard InChI is InChI=1S/C12H13BrN2O3/c1-6-8(13)4-7(9-5-10(14)15-18-9)12(17-3)11(6)16-2/h4-5H,1-3H3,(H2,14,15). The van der Waals surface area contributed by atoms with E-state index in [4.69, 9.17) is 19.7 Å². The van der Waals surface area contributed by atoms with Gasteiger partial charge in [-0.15, -0.1) is 0 Å². The SMILES string of the molecule is COc1c(-c2cc(N)no2)cc(Br)c(C)c1OC. The Kier molecular flexibility index (Phi) is 3.47. The highest BCUT2D eigenvalue weighted by Gasteiger charge is 2.19. The van der Waals surface area contributed by atoms with Crippen molar-refractivity contribution in [2.75, 3.05) is 20.0 Å². The number of methoxy groups -OCH3 is 2. The topological polar surface area (TPSA) is 70.5 Å². The number of benzene rings is 1. The Morgan fingerprint density at radius 3 is 2.39 bits per heavy atom. The monoisotopic (exact) mass is 312 g/mol. The van der Waals surface area contributed by atoms with Crippen molar-refractivity contribution in [2.45, 2.75) is 6.92 Å². The molecule has 0 spiro atoms. The third-order valence-corrected chi connectivity index (χ3v) is 3.45. The van der Waals surface area contributed by atoms with E-state index in [-0.39, 0.29) is 0 Å². The summed E-state index contributed by atoms with van der Waals surface area (Å²) < 4.78 is 16.8. The third-order valence-electron chi connectivity index (χ3n) is 2.62. The second-order valence-electron chi connectivity index (χ2n) is 3.71. The predicted molar refractivity (Wildman–Crippen MR) is 71.9 cm³/mol. The van der Waals surface area contributed by atoms with Crippen molar-refractivity contribution in [1.29, 1.82) is 0 Å². The number of nitrogen functional groups attached to an aromatic ring is 1. The second-order valence-corrected chi connectivity index (χ2v) is 4.57. The van der Waals surface area contributed by atoms with Gasteiger partial charge < -0.3 is 19.7 Å². The van der Waals surface area contributed by atoms with Crippen molar-refractivity contribution >= 4 is 21.7 Å². The van der Waals surface area contributed by atoms with Gasteiger partial charge in [0.2, 0.25) is 0 Å². The predicted octanol–water partition coefficient (Wildman–Crippen LogP) is 3.01. The molecule has 2 aromatic rings. The molecule has 1 aromatic heterocycles. The summed E-state index contributed by atoms with van der Waals surface area (Å²) in [5.74, 6) is 2.09. The fraction of sp³-hybridized carbons (Fsp3) is 0.250. The van der Waals surface area contributed by atoms with Crippen LogP contribution in [0.2, 0.25) is 0 Å². The summed E-state index contributed by atoms with van der Waals surface area (Å²) in [7, 11) is 3.17. The van der Waals surface area contributed by atoms with Gasteiger partial charge in [-0.3, -0.25) is 0 Å². The number of hydrogen-bond acceptors (Lipinski definition) is 5. The van der Waals surface area contributed by atoms with Gasteiger partial charge in [0, 0.05) is 16.1 Å². The van der Waals surface area contributed by atoms with Gasteiger partial charge in [-0.1, -0.05) is 21.1 Å². The van der Waals surface area contributed by atoms with Crippen molar-refractivity contribution < 1.29 is 14.0 Å². The molecule has 96 valence electrons. The molecule has 2 rings (SSSR count). The van der Waals surface area contributed by atoms with Crippen molar-refractivity contribution in [1.82, 2.24) is 5.16 Å². The quantitative estimate of drug-likeness (QED) is 0.943. The minimum absolute atomic E-state index is 0.322. The number of hydrogen-bond donors (Lipinski definition) is 1. The van der Waals surface area contributed by atoms with Gasteiger partial charge in [-0.2, -0.15) is 0 Å². The lowest BCUT2D eigenvalue weighted by atomic mass is 10.1.